The number of hydrogen-bond acceptors (Lipinski definition) is 6. The number of anilines is 2. The van der Waals surface area contributed by atoms with Gasteiger partial charge in [-0.15, -0.1) is 11.3 Å². The van der Waals surface area contributed by atoms with Gasteiger partial charge in [-0.05, 0) is 87.5 Å². The van der Waals surface area contributed by atoms with Gasteiger partial charge in [0.2, 0.25) is 5.91 Å². The van der Waals surface area contributed by atoms with Crippen LogP contribution in [0.15, 0.2) is 42.6 Å². The first-order valence-electron chi connectivity index (χ1n) is 16.2. The van der Waals surface area contributed by atoms with Crippen molar-refractivity contribution in [1.29, 1.82) is 0 Å². The number of thiophene rings is 1. The van der Waals surface area contributed by atoms with E-state index in [-0.39, 0.29) is 17.2 Å². The molecule has 1 aliphatic rings. The van der Waals surface area contributed by atoms with Crippen LogP contribution in [0.3, 0.4) is 0 Å². The second kappa shape index (κ2) is 14.3. The first-order valence-corrected chi connectivity index (χ1v) is 17.1. The maximum Gasteiger partial charge on any atom is 0.324 e. The van der Waals surface area contributed by atoms with Crippen LogP contribution in [0.2, 0.25) is 0 Å². The molecule has 0 aliphatic carbocycles. The minimum Gasteiger partial charge on any atom is -0.342 e. The highest BCUT2D eigenvalue weighted by atomic mass is 32.1. The van der Waals surface area contributed by atoms with Gasteiger partial charge in [0, 0.05) is 49.0 Å². The Labute approximate surface area is 278 Å². The largest absolute Gasteiger partial charge is 0.342 e. The topological polar surface area (TPSA) is 97.9 Å². The van der Waals surface area contributed by atoms with E-state index in [9.17, 15) is 14.4 Å². The maximum atomic E-state index is 13.9. The van der Waals surface area contributed by atoms with Crippen molar-refractivity contribution < 1.29 is 14.4 Å². The Morgan fingerprint density at radius 1 is 1.02 bits per heavy atom. The number of hydrogen-bond donors (Lipinski definition) is 2. The van der Waals surface area contributed by atoms with Gasteiger partial charge in [0.15, 0.2) is 0 Å². The summed E-state index contributed by atoms with van der Waals surface area (Å²) in [5, 5.41) is 6.35. The summed E-state index contributed by atoms with van der Waals surface area (Å²) in [4.78, 5) is 51.7. The normalized spacial score (nSPS) is 15.0. The van der Waals surface area contributed by atoms with Crippen LogP contribution in [0, 0.1) is 6.92 Å². The van der Waals surface area contributed by atoms with Gasteiger partial charge in [0.1, 0.15) is 10.5 Å². The third kappa shape index (κ3) is 7.96. The van der Waals surface area contributed by atoms with Gasteiger partial charge in [-0.2, -0.15) is 0 Å². The first kappa shape index (κ1) is 35.1. The van der Waals surface area contributed by atoms with Crippen molar-refractivity contribution >= 4 is 39.9 Å². The molecule has 4 rings (SSSR count). The Balaban J connectivity index is 1.53. The van der Waals surface area contributed by atoms with Crippen molar-refractivity contribution in [3.8, 4) is 11.3 Å². The maximum absolute atomic E-state index is 13.9. The van der Waals surface area contributed by atoms with E-state index in [2.05, 4.69) is 56.2 Å². The number of aromatic nitrogens is 1. The number of urea groups is 1. The lowest BCUT2D eigenvalue weighted by Crippen LogP contribution is -2.63. The first-order chi connectivity index (χ1) is 21.6. The van der Waals surface area contributed by atoms with Crippen molar-refractivity contribution in [2.24, 2.45) is 0 Å². The van der Waals surface area contributed by atoms with Gasteiger partial charge in [-0.1, -0.05) is 46.8 Å². The highest BCUT2D eigenvalue weighted by Crippen LogP contribution is 2.38. The molecule has 4 amide bonds. The van der Waals surface area contributed by atoms with Crippen molar-refractivity contribution in [2.75, 3.05) is 43.9 Å². The summed E-state index contributed by atoms with van der Waals surface area (Å²) in [5.41, 5.74) is 3.78. The minimum absolute atomic E-state index is 0.111. The van der Waals surface area contributed by atoms with Crippen molar-refractivity contribution in [3.05, 3.63) is 64.2 Å². The highest BCUT2D eigenvalue weighted by Gasteiger charge is 2.44. The molecule has 1 fully saturated rings. The number of carbonyl (C=O) groups is 3. The summed E-state index contributed by atoms with van der Waals surface area (Å²) in [7, 11) is 1.75. The smallest absolute Gasteiger partial charge is 0.324 e. The van der Waals surface area contributed by atoms with Gasteiger partial charge < -0.3 is 15.1 Å². The van der Waals surface area contributed by atoms with Gasteiger partial charge in [0.25, 0.3) is 5.91 Å². The molecule has 1 aromatic carbocycles. The van der Waals surface area contributed by atoms with Crippen molar-refractivity contribution in [2.45, 2.75) is 85.7 Å². The molecule has 0 bridgehead atoms. The number of benzene rings is 1. The average molecular weight is 647 g/mol. The number of carbonyl (C=O) groups excluding carboxylic acids is 3. The fourth-order valence-corrected chi connectivity index (χ4v) is 6.91. The molecule has 0 spiro atoms. The van der Waals surface area contributed by atoms with Gasteiger partial charge in [0.05, 0.1) is 11.3 Å². The Kier molecular flexibility index (Phi) is 10.9. The number of amides is 4. The van der Waals surface area contributed by atoms with Crippen LogP contribution in [-0.2, 0) is 16.8 Å². The molecule has 0 atom stereocenters. The van der Waals surface area contributed by atoms with Gasteiger partial charge in [-0.3, -0.25) is 24.8 Å². The molecule has 248 valence electrons. The van der Waals surface area contributed by atoms with E-state index in [1.807, 2.05) is 43.5 Å². The summed E-state index contributed by atoms with van der Waals surface area (Å²) < 4.78 is 0. The fraction of sp³-hybridized carbons (Fsp3) is 0.500. The monoisotopic (exact) mass is 646 g/mol. The molecule has 0 saturated carbocycles. The molecule has 3 aromatic rings. The average Bonchev–Trinajstić information content (AvgIpc) is 3.42. The minimum atomic E-state index is -0.998. The molecule has 0 unspecified atom stereocenters. The molecule has 2 N–H and O–H groups in total. The number of nitrogens with one attached hydrogen (secondary N) is 2. The van der Waals surface area contributed by atoms with Crippen molar-refractivity contribution in [1.82, 2.24) is 19.7 Å². The van der Waals surface area contributed by atoms with Crippen LogP contribution in [0.25, 0.3) is 11.3 Å². The second-order valence-corrected chi connectivity index (χ2v) is 14.8. The second-order valence-electron chi connectivity index (χ2n) is 13.8. The summed E-state index contributed by atoms with van der Waals surface area (Å²) in [6.45, 7) is 20.1. The number of pyridine rings is 1. The highest BCUT2D eigenvalue weighted by molar-refractivity contribution is 7.16. The summed E-state index contributed by atoms with van der Waals surface area (Å²) in [5.74, 6) is -0.381. The SMILES string of the molecule is CCCN(CCC)Cc1ccc(-c2cc(NC(=O)Nc3sc(C(C)(C)C)cc3C(=O)N3CCN(C)C(=O)C3(C)C)ccc2C)nc1. The zero-order valence-corrected chi connectivity index (χ0v) is 29.7. The van der Waals surface area contributed by atoms with Crippen LogP contribution >= 0.6 is 11.3 Å². The Morgan fingerprint density at radius 3 is 2.33 bits per heavy atom. The molecular weight excluding hydrogens is 597 g/mol. The van der Waals surface area contributed by atoms with Crippen LogP contribution in [-0.4, -0.2) is 76.3 Å². The zero-order chi connectivity index (χ0) is 33.8. The molecule has 1 aliphatic heterocycles. The lowest BCUT2D eigenvalue weighted by Gasteiger charge is -2.44. The van der Waals surface area contributed by atoms with Gasteiger partial charge >= 0.3 is 6.03 Å². The Hall–Kier alpha value is -3.76. The number of aryl methyl sites for hydroxylation is 1. The zero-order valence-electron chi connectivity index (χ0n) is 28.9. The predicted octanol–water partition coefficient (Wildman–Crippen LogP) is 7.37. The fourth-order valence-electron chi connectivity index (χ4n) is 5.81. The van der Waals surface area contributed by atoms with E-state index in [0.29, 0.717) is 29.3 Å². The molecule has 3 heterocycles. The number of likely N-dealkylation sites (N-methyl/N-ethyl adjacent to an activating group) is 1. The van der Waals surface area contributed by atoms with E-state index in [4.69, 9.17) is 4.98 Å². The van der Waals surface area contributed by atoms with Crippen molar-refractivity contribution in [3.63, 3.8) is 0 Å². The van der Waals surface area contributed by atoms with Gasteiger partial charge in [-0.25, -0.2) is 4.79 Å². The van der Waals surface area contributed by atoms with Crippen LogP contribution in [0.1, 0.15) is 87.7 Å². The number of rotatable bonds is 10. The molecule has 1 saturated heterocycles. The van der Waals surface area contributed by atoms with E-state index >= 15 is 0 Å². The summed E-state index contributed by atoms with van der Waals surface area (Å²) >= 11 is 1.38. The standard InChI is InChI=1S/C36H50N6O3S/c1-10-16-41(17-11-2)23-25-13-15-29(37-22-25)27-20-26(14-12-24(27)3)38-34(45)39-31-28(21-30(46-31)35(4,5)6)32(43)42-19-18-40(9)33(44)36(42,7)8/h12-15,20-22H,10-11,16-19,23H2,1-9H3,(H2,38,39,45). The molecule has 0 radical (unpaired) electrons. The Bertz CT molecular complexity index is 1550. The van der Waals surface area contributed by atoms with E-state index < -0.39 is 11.6 Å². The van der Waals surface area contributed by atoms with Crippen LogP contribution in [0.4, 0.5) is 15.5 Å². The lowest BCUT2D eigenvalue weighted by atomic mass is 9.93. The van der Waals surface area contributed by atoms with E-state index in [1.54, 1.807) is 30.7 Å². The molecule has 2 aromatic heterocycles. The summed E-state index contributed by atoms with van der Waals surface area (Å²) in [6, 6.07) is 11.3. The summed E-state index contributed by atoms with van der Waals surface area (Å²) in [6.07, 6.45) is 4.18. The third-order valence-electron chi connectivity index (χ3n) is 8.46. The molecule has 10 heteroatoms. The van der Waals surface area contributed by atoms with Crippen LogP contribution < -0.4 is 10.6 Å². The third-order valence-corrected chi connectivity index (χ3v) is 9.94. The number of piperazine rings is 1. The predicted molar refractivity (Wildman–Crippen MR) is 189 cm³/mol. The van der Waals surface area contributed by atoms with E-state index in [1.165, 1.54) is 16.9 Å². The Morgan fingerprint density at radius 2 is 1.72 bits per heavy atom. The quantitative estimate of drug-likeness (QED) is 0.240. The molecule has 9 nitrogen and oxygen atoms in total. The van der Waals surface area contributed by atoms with E-state index in [0.717, 1.165) is 54.2 Å². The molecular formula is C36H50N6O3S. The molecule has 46 heavy (non-hydrogen) atoms. The lowest BCUT2D eigenvalue weighted by molar-refractivity contribution is -0.144. The van der Waals surface area contributed by atoms with Crippen LogP contribution in [0.5, 0.6) is 0 Å². The number of nitrogens with zero attached hydrogens (tertiary/aromatic N) is 4.